The van der Waals surface area contributed by atoms with Gasteiger partial charge in [0.1, 0.15) is 0 Å². The Hall–Kier alpha value is -0.910. The number of amides is 1. The molecule has 0 bridgehead atoms. The summed E-state index contributed by atoms with van der Waals surface area (Å²) in [5.74, 6) is 0.277. The molecule has 16 heavy (non-hydrogen) atoms. The highest BCUT2D eigenvalue weighted by Gasteiger charge is 2.25. The van der Waals surface area contributed by atoms with E-state index in [0.29, 0.717) is 15.1 Å². The van der Waals surface area contributed by atoms with Gasteiger partial charge in [-0.25, -0.2) is 0 Å². The number of carbonyl (C=O) groups is 1. The molecule has 82 valence electrons. The van der Waals surface area contributed by atoms with Crippen molar-refractivity contribution in [3.8, 4) is 0 Å². The minimum atomic E-state index is -0.0896. The van der Waals surface area contributed by atoms with Crippen molar-refractivity contribution in [1.29, 1.82) is 0 Å². The van der Waals surface area contributed by atoms with E-state index in [4.69, 9.17) is 23.8 Å². The molecule has 1 aromatic carbocycles. The maximum Gasteiger partial charge on any atom is 0.259 e. The number of halogens is 1. The predicted octanol–water partition coefficient (Wildman–Crippen LogP) is 2.53. The molecule has 3 nitrogen and oxygen atoms in total. The van der Waals surface area contributed by atoms with Gasteiger partial charge in [0.25, 0.3) is 5.91 Å². The number of hydrazone groups is 1. The standard InChI is InChI=1S/C10H7ClN2OS2/c11-8-3-1-2-7(4-8)5-12-13-9(14)6-16-10(13)15/h1-5H,6H2/b12-5+. The van der Waals surface area contributed by atoms with Crippen LogP contribution in [0.15, 0.2) is 29.4 Å². The van der Waals surface area contributed by atoms with Crippen molar-refractivity contribution in [3.63, 3.8) is 0 Å². The highest BCUT2D eigenvalue weighted by molar-refractivity contribution is 8.23. The van der Waals surface area contributed by atoms with E-state index in [0.717, 1.165) is 5.56 Å². The van der Waals surface area contributed by atoms with Gasteiger partial charge in [0, 0.05) is 5.02 Å². The molecule has 1 aliphatic rings. The molecule has 1 saturated heterocycles. The molecule has 0 aromatic heterocycles. The maximum absolute atomic E-state index is 11.4. The second-order valence-corrected chi connectivity index (χ2v) is 5.11. The topological polar surface area (TPSA) is 32.7 Å². The molecule has 6 heteroatoms. The fourth-order valence-corrected chi connectivity index (χ4v) is 2.34. The van der Waals surface area contributed by atoms with Gasteiger partial charge in [-0.3, -0.25) is 4.79 Å². The van der Waals surface area contributed by atoms with Crippen LogP contribution in [0.2, 0.25) is 5.02 Å². The minimum Gasteiger partial charge on any atom is -0.272 e. The van der Waals surface area contributed by atoms with Crippen molar-refractivity contribution >= 4 is 52.0 Å². The van der Waals surface area contributed by atoms with Gasteiger partial charge in [-0.1, -0.05) is 47.7 Å². The molecule has 1 aliphatic heterocycles. The first-order valence-corrected chi connectivity index (χ1v) is 6.23. The first-order valence-electron chi connectivity index (χ1n) is 4.46. The molecule has 0 saturated carbocycles. The summed E-state index contributed by atoms with van der Waals surface area (Å²) in [5.41, 5.74) is 0.833. The van der Waals surface area contributed by atoms with Gasteiger partial charge in [0.05, 0.1) is 12.0 Å². The van der Waals surface area contributed by atoms with Crippen molar-refractivity contribution in [2.24, 2.45) is 5.10 Å². The summed E-state index contributed by atoms with van der Waals surface area (Å²) < 4.78 is 0.489. The number of benzene rings is 1. The van der Waals surface area contributed by atoms with E-state index in [-0.39, 0.29) is 5.91 Å². The van der Waals surface area contributed by atoms with Crippen LogP contribution in [0.1, 0.15) is 5.56 Å². The lowest BCUT2D eigenvalue weighted by molar-refractivity contribution is -0.123. The highest BCUT2D eigenvalue weighted by Crippen LogP contribution is 2.19. The number of carbonyl (C=O) groups excluding carboxylic acids is 1. The summed E-state index contributed by atoms with van der Waals surface area (Å²) >= 11 is 12.1. The van der Waals surface area contributed by atoms with E-state index >= 15 is 0 Å². The number of thioether (sulfide) groups is 1. The lowest BCUT2D eigenvalue weighted by Crippen LogP contribution is -2.22. The number of nitrogens with zero attached hydrogens (tertiary/aromatic N) is 2. The first kappa shape index (κ1) is 11.6. The number of rotatable bonds is 2. The van der Waals surface area contributed by atoms with E-state index in [9.17, 15) is 4.79 Å². The molecule has 0 radical (unpaired) electrons. The average Bonchev–Trinajstić information content (AvgIpc) is 2.56. The number of hydrogen-bond donors (Lipinski definition) is 0. The third kappa shape index (κ3) is 2.61. The van der Waals surface area contributed by atoms with Gasteiger partial charge in [0.2, 0.25) is 0 Å². The maximum atomic E-state index is 11.4. The molecule has 0 spiro atoms. The van der Waals surface area contributed by atoms with Crippen molar-refractivity contribution in [2.75, 3.05) is 5.75 Å². The Morgan fingerprint density at radius 1 is 1.56 bits per heavy atom. The van der Waals surface area contributed by atoms with Crippen molar-refractivity contribution < 1.29 is 4.79 Å². The van der Waals surface area contributed by atoms with Gasteiger partial charge in [-0.05, 0) is 17.7 Å². The van der Waals surface area contributed by atoms with Crippen LogP contribution in [0.25, 0.3) is 0 Å². The molecule has 0 atom stereocenters. The Morgan fingerprint density at radius 2 is 2.38 bits per heavy atom. The molecule has 1 aromatic rings. The average molecular weight is 271 g/mol. The third-order valence-corrected chi connectivity index (χ3v) is 3.47. The highest BCUT2D eigenvalue weighted by atomic mass is 35.5. The Kier molecular flexibility index (Phi) is 3.58. The fourth-order valence-electron chi connectivity index (χ4n) is 1.17. The van der Waals surface area contributed by atoms with Gasteiger partial charge >= 0.3 is 0 Å². The van der Waals surface area contributed by atoms with Gasteiger partial charge in [-0.15, -0.1) is 0 Å². The summed E-state index contributed by atoms with van der Waals surface area (Å²) in [5, 5.41) is 5.90. The number of thiocarbonyl (C=S) groups is 1. The third-order valence-electron chi connectivity index (χ3n) is 1.90. The Labute approximate surface area is 107 Å². The van der Waals surface area contributed by atoms with Crippen molar-refractivity contribution in [2.45, 2.75) is 0 Å². The van der Waals surface area contributed by atoms with Crippen LogP contribution in [-0.4, -0.2) is 27.2 Å². The molecule has 0 N–H and O–H groups in total. The first-order chi connectivity index (χ1) is 7.66. The van der Waals surface area contributed by atoms with E-state index in [1.54, 1.807) is 18.3 Å². The summed E-state index contributed by atoms with van der Waals surface area (Å²) in [6.45, 7) is 0. The minimum absolute atomic E-state index is 0.0896. The predicted molar refractivity (Wildman–Crippen MR) is 70.9 cm³/mol. The van der Waals surface area contributed by atoms with Crippen LogP contribution in [0, 0.1) is 0 Å². The van der Waals surface area contributed by atoms with Gasteiger partial charge in [0.15, 0.2) is 4.32 Å². The summed E-state index contributed by atoms with van der Waals surface area (Å²) in [6.07, 6.45) is 1.57. The number of hydrogen-bond acceptors (Lipinski definition) is 4. The van der Waals surface area contributed by atoms with E-state index < -0.39 is 0 Å². The van der Waals surface area contributed by atoms with Crippen LogP contribution >= 0.6 is 35.6 Å². The zero-order valence-corrected chi connectivity index (χ0v) is 10.5. The largest absolute Gasteiger partial charge is 0.272 e. The Balaban J connectivity index is 2.15. The molecule has 0 unspecified atom stereocenters. The Bertz CT molecular complexity index is 460. The second-order valence-electron chi connectivity index (χ2n) is 3.06. The summed E-state index contributed by atoms with van der Waals surface area (Å²) in [4.78, 5) is 11.4. The van der Waals surface area contributed by atoms with Crippen LogP contribution in [0.5, 0.6) is 0 Å². The second kappa shape index (κ2) is 4.95. The zero-order valence-electron chi connectivity index (χ0n) is 8.09. The molecule has 2 rings (SSSR count). The normalized spacial score (nSPS) is 16.4. The molecule has 1 heterocycles. The van der Waals surface area contributed by atoms with Crippen LogP contribution in [0.4, 0.5) is 0 Å². The lowest BCUT2D eigenvalue weighted by Gasteiger charge is -2.06. The molecule has 0 aliphatic carbocycles. The van der Waals surface area contributed by atoms with E-state index in [2.05, 4.69) is 5.10 Å². The van der Waals surface area contributed by atoms with Crippen molar-refractivity contribution in [1.82, 2.24) is 5.01 Å². The van der Waals surface area contributed by atoms with E-state index in [1.165, 1.54) is 16.8 Å². The molecule has 1 fully saturated rings. The van der Waals surface area contributed by atoms with Crippen molar-refractivity contribution in [3.05, 3.63) is 34.9 Å². The molecular weight excluding hydrogens is 264 g/mol. The van der Waals surface area contributed by atoms with Gasteiger partial charge < -0.3 is 0 Å². The summed E-state index contributed by atoms with van der Waals surface area (Å²) in [7, 11) is 0. The van der Waals surface area contributed by atoms with Gasteiger partial charge in [-0.2, -0.15) is 10.1 Å². The molecular formula is C10H7ClN2OS2. The van der Waals surface area contributed by atoms with Crippen LogP contribution in [0.3, 0.4) is 0 Å². The van der Waals surface area contributed by atoms with Crippen LogP contribution < -0.4 is 0 Å². The van der Waals surface area contributed by atoms with Crippen LogP contribution in [-0.2, 0) is 4.79 Å². The smallest absolute Gasteiger partial charge is 0.259 e. The SMILES string of the molecule is O=C1CSC(=S)N1/N=C/c1cccc(Cl)c1. The quantitative estimate of drug-likeness (QED) is 0.612. The monoisotopic (exact) mass is 270 g/mol. The Morgan fingerprint density at radius 3 is 3.00 bits per heavy atom. The molecule has 1 amide bonds. The fraction of sp³-hybridized carbons (Fsp3) is 0.100. The van der Waals surface area contributed by atoms with E-state index in [1.807, 2.05) is 12.1 Å². The summed E-state index contributed by atoms with van der Waals surface area (Å²) in [6, 6.07) is 7.22. The lowest BCUT2D eigenvalue weighted by atomic mass is 10.2. The zero-order chi connectivity index (χ0) is 11.5.